The second kappa shape index (κ2) is 8.16. The molecule has 0 aromatic carbocycles. The number of hydrogen-bond donors (Lipinski definition) is 0. The molecular weight excluding hydrogens is 424 g/mol. The number of anilines is 1. The molecule has 5 heterocycles. The van der Waals surface area contributed by atoms with Gasteiger partial charge in [-0.3, -0.25) is 0 Å². The third kappa shape index (κ3) is 3.93. The molecule has 31 heavy (non-hydrogen) atoms. The molecule has 0 atom stereocenters. The van der Waals surface area contributed by atoms with Crippen molar-refractivity contribution in [2.45, 2.75) is 77.2 Å². The van der Waals surface area contributed by atoms with Gasteiger partial charge < -0.3 is 9.64 Å². The van der Waals surface area contributed by atoms with Crippen LogP contribution in [0.4, 0.5) is 5.82 Å². The van der Waals surface area contributed by atoms with E-state index >= 15 is 0 Å². The Hall–Kier alpha value is -1.44. The Bertz CT molecular complexity index is 1130. The van der Waals surface area contributed by atoms with Crippen molar-refractivity contribution in [2.75, 3.05) is 24.2 Å². The maximum absolute atomic E-state index is 6.23. The number of thiophene rings is 1. The number of piperidine rings is 1. The van der Waals surface area contributed by atoms with Crippen LogP contribution >= 0.6 is 23.1 Å². The van der Waals surface area contributed by atoms with E-state index in [2.05, 4.69) is 38.9 Å². The van der Waals surface area contributed by atoms with Gasteiger partial charge in [-0.15, -0.1) is 11.3 Å². The summed E-state index contributed by atoms with van der Waals surface area (Å²) in [6.07, 6.45) is 7.74. The van der Waals surface area contributed by atoms with Gasteiger partial charge in [0.15, 0.2) is 11.0 Å². The molecule has 166 valence electrons. The zero-order chi connectivity index (χ0) is 21.8. The highest BCUT2D eigenvalue weighted by Crippen LogP contribution is 2.44. The monoisotopic (exact) mass is 456 g/mol. The van der Waals surface area contributed by atoms with E-state index in [9.17, 15) is 0 Å². The predicted octanol–water partition coefficient (Wildman–Crippen LogP) is 6.00. The number of pyridine rings is 1. The molecule has 3 aromatic rings. The summed E-state index contributed by atoms with van der Waals surface area (Å²) in [4.78, 5) is 18.8. The zero-order valence-corrected chi connectivity index (χ0v) is 20.9. The molecule has 0 bridgehead atoms. The third-order valence-corrected chi connectivity index (χ3v) is 7.99. The summed E-state index contributed by atoms with van der Waals surface area (Å²) in [7, 11) is 0. The molecular formula is C24H32N4OS2. The first kappa shape index (κ1) is 21.4. The quantitative estimate of drug-likeness (QED) is 0.354. The molecule has 0 saturated carbocycles. The Morgan fingerprint density at radius 1 is 1.10 bits per heavy atom. The molecule has 0 radical (unpaired) electrons. The van der Waals surface area contributed by atoms with Gasteiger partial charge >= 0.3 is 0 Å². The number of aromatic nitrogens is 3. The third-order valence-electron chi connectivity index (χ3n) is 6.38. The first-order valence-electron chi connectivity index (χ1n) is 11.4. The Balaban J connectivity index is 1.80. The maximum Gasteiger partial charge on any atom is 0.189 e. The molecule has 5 nitrogen and oxygen atoms in total. The first-order valence-corrected chi connectivity index (χ1v) is 13.5. The highest BCUT2D eigenvalue weighted by Gasteiger charge is 2.32. The van der Waals surface area contributed by atoms with E-state index in [-0.39, 0.29) is 5.60 Å². The van der Waals surface area contributed by atoms with Crippen molar-refractivity contribution in [3.05, 3.63) is 16.8 Å². The number of hydrogen-bond acceptors (Lipinski definition) is 7. The van der Waals surface area contributed by atoms with Crippen LogP contribution in [0.15, 0.2) is 5.16 Å². The molecule has 0 N–H and O–H groups in total. The van der Waals surface area contributed by atoms with Crippen LogP contribution in [0.25, 0.3) is 20.4 Å². The lowest BCUT2D eigenvalue weighted by molar-refractivity contribution is -0.0402. The van der Waals surface area contributed by atoms with Crippen LogP contribution in [0, 0.1) is 5.92 Å². The van der Waals surface area contributed by atoms with Crippen molar-refractivity contribution < 1.29 is 4.74 Å². The molecule has 0 aliphatic carbocycles. The van der Waals surface area contributed by atoms with Crippen LogP contribution in [0.3, 0.4) is 0 Å². The highest BCUT2D eigenvalue weighted by molar-refractivity contribution is 7.98. The lowest BCUT2D eigenvalue weighted by Gasteiger charge is -2.33. The molecule has 5 rings (SSSR count). The van der Waals surface area contributed by atoms with E-state index in [1.54, 1.807) is 23.1 Å². The fourth-order valence-electron chi connectivity index (χ4n) is 4.87. The minimum absolute atomic E-state index is 0.171. The minimum atomic E-state index is -0.171. The SMILES string of the molecule is CSc1nc(N2CCCCC2)c2sc3nc(CC(C)C)c4c(c3c2n1)CC(C)(C)OC4. The van der Waals surface area contributed by atoms with Crippen molar-refractivity contribution >= 4 is 49.3 Å². The van der Waals surface area contributed by atoms with Gasteiger partial charge in [-0.1, -0.05) is 25.6 Å². The van der Waals surface area contributed by atoms with Crippen LogP contribution in [0.5, 0.6) is 0 Å². The van der Waals surface area contributed by atoms with Gasteiger partial charge in [-0.2, -0.15) is 0 Å². The lowest BCUT2D eigenvalue weighted by atomic mass is 9.88. The standard InChI is InChI=1S/C24H32N4OS2/c1-14(2)11-17-16-13-29-24(3,4)12-15(16)18-19-20(31-22(18)25-17)21(27-23(26-19)30-5)28-9-7-6-8-10-28/h14H,6-13H2,1-5H3. The average Bonchev–Trinajstić information content (AvgIpc) is 3.10. The molecule has 3 aromatic heterocycles. The number of nitrogens with zero attached hydrogens (tertiary/aromatic N) is 4. The molecule has 1 saturated heterocycles. The van der Waals surface area contributed by atoms with Gasteiger partial charge in [0.25, 0.3) is 0 Å². The van der Waals surface area contributed by atoms with Gasteiger partial charge in [-0.05, 0) is 57.3 Å². The summed E-state index contributed by atoms with van der Waals surface area (Å²) in [5.74, 6) is 1.67. The van der Waals surface area contributed by atoms with Crippen LogP contribution in [0.2, 0.25) is 0 Å². The van der Waals surface area contributed by atoms with E-state index < -0.39 is 0 Å². The van der Waals surface area contributed by atoms with Gasteiger partial charge in [0.05, 0.1) is 22.4 Å². The average molecular weight is 457 g/mol. The molecule has 1 fully saturated rings. The Kier molecular flexibility index (Phi) is 5.64. The second-order valence-electron chi connectivity index (χ2n) is 9.88. The van der Waals surface area contributed by atoms with Crippen molar-refractivity contribution in [3.8, 4) is 0 Å². The van der Waals surface area contributed by atoms with Crippen molar-refractivity contribution in [1.29, 1.82) is 0 Å². The number of thioether (sulfide) groups is 1. The summed E-state index contributed by atoms with van der Waals surface area (Å²) in [6.45, 7) is 11.7. The molecule has 0 spiro atoms. The Labute approximate surface area is 193 Å². The Morgan fingerprint density at radius 3 is 2.58 bits per heavy atom. The summed E-state index contributed by atoms with van der Waals surface area (Å²) >= 11 is 3.42. The van der Waals surface area contributed by atoms with E-state index in [0.717, 1.165) is 47.3 Å². The molecule has 2 aliphatic heterocycles. The summed E-state index contributed by atoms with van der Waals surface area (Å²) in [5.41, 5.74) is 4.83. The second-order valence-corrected chi connectivity index (χ2v) is 11.7. The van der Waals surface area contributed by atoms with E-state index in [1.165, 1.54) is 46.2 Å². The van der Waals surface area contributed by atoms with Crippen molar-refractivity contribution in [2.24, 2.45) is 5.92 Å². The van der Waals surface area contributed by atoms with Gasteiger partial charge in [-0.25, -0.2) is 15.0 Å². The van der Waals surface area contributed by atoms with Gasteiger partial charge in [0.1, 0.15) is 4.83 Å². The molecule has 0 amide bonds. The summed E-state index contributed by atoms with van der Waals surface area (Å²) < 4.78 is 7.44. The normalized spacial score (nSPS) is 18.8. The van der Waals surface area contributed by atoms with E-state index in [0.29, 0.717) is 12.5 Å². The van der Waals surface area contributed by atoms with Crippen LogP contribution in [0.1, 0.15) is 63.8 Å². The summed E-state index contributed by atoms with van der Waals surface area (Å²) in [6, 6.07) is 0. The van der Waals surface area contributed by atoms with Crippen LogP contribution in [-0.4, -0.2) is 39.9 Å². The van der Waals surface area contributed by atoms with Crippen LogP contribution in [-0.2, 0) is 24.2 Å². The highest BCUT2D eigenvalue weighted by atomic mass is 32.2. The fraction of sp³-hybridized carbons (Fsp3) is 0.625. The van der Waals surface area contributed by atoms with Gasteiger partial charge in [0, 0.05) is 36.2 Å². The number of ether oxygens (including phenoxy) is 1. The Morgan fingerprint density at radius 2 is 1.87 bits per heavy atom. The molecule has 0 unspecified atom stereocenters. The zero-order valence-electron chi connectivity index (χ0n) is 19.2. The molecule has 2 aliphatic rings. The minimum Gasteiger partial charge on any atom is -0.370 e. The van der Waals surface area contributed by atoms with E-state index in [1.807, 2.05) is 0 Å². The topological polar surface area (TPSA) is 51.1 Å². The molecule has 7 heteroatoms. The smallest absolute Gasteiger partial charge is 0.189 e. The van der Waals surface area contributed by atoms with Gasteiger partial charge in [0.2, 0.25) is 0 Å². The maximum atomic E-state index is 6.23. The number of fused-ring (bicyclic) bond motifs is 5. The first-order chi connectivity index (χ1) is 14.9. The van der Waals surface area contributed by atoms with Crippen LogP contribution < -0.4 is 4.90 Å². The predicted molar refractivity (Wildman–Crippen MR) is 132 cm³/mol. The summed E-state index contributed by atoms with van der Waals surface area (Å²) in [5, 5.41) is 2.11. The number of rotatable bonds is 4. The largest absolute Gasteiger partial charge is 0.370 e. The fourth-order valence-corrected chi connectivity index (χ4v) is 6.42. The van der Waals surface area contributed by atoms with Crippen molar-refractivity contribution in [3.63, 3.8) is 0 Å². The lowest BCUT2D eigenvalue weighted by Crippen LogP contribution is -2.33. The van der Waals surface area contributed by atoms with Crippen molar-refractivity contribution in [1.82, 2.24) is 15.0 Å². The van der Waals surface area contributed by atoms with E-state index in [4.69, 9.17) is 19.7 Å².